The number of halogens is 3. The van der Waals surface area contributed by atoms with Gasteiger partial charge in [0.25, 0.3) is 0 Å². The molecule has 0 fully saturated rings. The van der Waals surface area contributed by atoms with Gasteiger partial charge in [-0.15, -0.1) is 0 Å². The minimum Gasteiger partial charge on any atom is -0.392 e. The molecule has 0 aromatic rings. The molecule has 0 amide bonds. The molecule has 0 heterocycles. The Morgan fingerprint density at radius 1 is 1.46 bits per heavy atom. The summed E-state index contributed by atoms with van der Waals surface area (Å²) in [7, 11) is 0. The average molecular weight is 196 g/mol. The predicted octanol–water partition coefficient (Wildman–Crippen LogP) is 2.90. The van der Waals surface area contributed by atoms with Crippen LogP contribution in [0.2, 0.25) is 0 Å². The molecule has 0 aliphatic rings. The minimum absolute atomic E-state index is 0.0829. The van der Waals surface area contributed by atoms with E-state index in [1.54, 1.807) is 13.0 Å². The molecular formula is C9H15F3O. The summed E-state index contributed by atoms with van der Waals surface area (Å²) in [4.78, 5) is 0. The normalized spacial score (nSPS) is 16.0. The van der Waals surface area contributed by atoms with Crippen LogP contribution in [-0.4, -0.2) is 17.9 Å². The fraction of sp³-hybridized carbons (Fsp3) is 0.778. The molecule has 1 N–H and O–H groups in total. The number of allylic oxidation sites excluding steroid dienone is 1. The molecule has 0 aliphatic heterocycles. The molecule has 0 saturated carbocycles. The monoisotopic (exact) mass is 196 g/mol. The molecule has 78 valence electrons. The highest BCUT2D eigenvalue weighted by Gasteiger charge is 2.34. The smallest absolute Gasteiger partial charge is 0.391 e. The second-order valence-corrected chi connectivity index (χ2v) is 3.23. The van der Waals surface area contributed by atoms with Crippen LogP contribution in [0.1, 0.15) is 26.7 Å². The average Bonchev–Trinajstić information content (AvgIpc) is 2.02. The number of alkyl halides is 3. The summed E-state index contributed by atoms with van der Waals surface area (Å²) >= 11 is 0. The summed E-state index contributed by atoms with van der Waals surface area (Å²) < 4.78 is 36.0. The zero-order valence-electron chi connectivity index (χ0n) is 7.86. The van der Waals surface area contributed by atoms with E-state index in [2.05, 4.69) is 0 Å². The lowest BCUT2D eigenvalue weighted by Gasteiger charge is -2.13. The zero-order valence-corrected chi connectivity index (χ0v) is 7.86. The number of hydrogen-bond acceptors (Lipinski definition) is 1. The molecule has 0 radical (unpaired) electrons. The Labute approximate surface area is 76.3 Å². The van der Waals surface area contributed by atoms with Crippen molar-refractivity contribution in [3.63, 3.8) is 0 Å². The Morgan fingerprint density at radius 2 is 2.00 bits per heavy atom. The zero-order chi connectivity index (χ0) is 10.5. The summed E-state index contributed by atoms with van der Waals surface area (Å²) in [5, 5.41) is 8.57. The quantitative estimate of drug-likeness (QED) is 0.685. The van der Waals surface area contributed by atoms with Crippen LogP contribution in [0.3, 0.4) is 0 Å². The standard InChI is InChI=1S/C9H15F3O/c1-7(6-13)4-3-5-8(2)9(10,11)12/h4,8,13H,3,5-6H2,1-2H3/b7-4+. The van der Waals surface area contributed by atoms with Crippen molar-refractivity contribution in [2.24, 2.45) is 5.92 Å². The molecule has 0 bridgehead atoms. The van der Waals surface area contributed by atoms with Gasteiger partial charge in [-0.1, -0.05) is 18.6 Å². The Bertz CT molecular complexity index is 172. The van der Waals surface area contributed by atoms with Crippen molar-refractivity contribution in [3.8, 4) is 0 Å². The fourth-order valence-corrected chi connectivity index (χ4v) is 0.808. The van der Waals surface area contributed by atoms with Crippen LogP contribution in [0, 0.1) is 5.92 Å². The molecule has 0 aliphatic carbocycles. The molecule has 1 unspecified atom stereocenters. The number of hydrogen-bond donors (Lipinski definition) is 1. The van der Waals surface area contributed by atoms with Gasteiger partial charge in [-0.05, 0) is 19.8 Å². The van der Waals surface area contributed by atoms with Crippen molar-refractivity contribution in [2.75, 3.05) is 6.61 Å². The van der Waals surface area contributed by atoms with E-state index in [-0.39, 0.29) is 13.0 Å². The first-order valence-electron chi connectivity index (χ1n) is 4.21. The third-order valence-corrected chi connectivity index (χ3v) is 1.90. The Hall–Kier alpha value is -0.510. The van der Waals surface area contributed by atoms with Crippen LogP contribution in [0.25, 0.3) is 0 Å². The molecule has 0 spiro atoms. The summed E-state index contributed by atoms with van der Waals surface area (Å²) in [6.45, 7) is 2.78. The highest BCUT2D eigenvalue weighted by atomic mass is 19.4. The van der Waals surface area contributed by atoms with E-state index in [0.717, 1.165) is 5.57 Å². The van der Waals surface area contributed by atoms with Crippen molar-refractivity contribution < 1.29 is 18.3 Å². The third-order valence-electron chi connectivity index (χ3n) is 1.90. The third kappa shape index (κ3) is 5.69. The molecule has 0 aromatic heterocycles. The summed E-state index contributed by atoms with van der Waals surface area (Å²) in [5.41, 5.74) is 0.717. The first kappa shape index (κ1) is 12.5. The van der Waals surface area contributed by atoms with E-state index in [0.29, 0.717) is 6.42 Å². The fourth-order valence-electron chi connectivity index (χ4n) is 0.808. The molecule has 1 atom stereocenters. The number of aliphatic hydroxyl groups excluding tert-OH is 1. The minimum atomic E-state index is -4.10. The lowest BCUT2D eigenvalue weighted by atomic mass is 10.0. The van der Waals surface area contributed by atoms with Crippen LogP contribution in [-0.2, 0) is 0 Å². The highest BCUT2D eigenvalue weighted by molar-refractivity contribution is 4.97. The van der Waals surface area contributed by atoms with E-state index in [4.69, 9.17) is 5.11 Å². The van der Waals surface area contributed by atoms with Crippen molar-refractivity contribution in [3.05, 3.63) is 11.6 Å². The van der Waals surface area contributed by atoms with Crippen molar-refractivity contribution >= 4 is 0 Å². The summed E-state index contributed by atoms with van der Waals surface area (Å²) in [5.74, 6) is -1.27. The first-order valence-corrected chi connectivity index (χ1v) is 4.21. The van der Waals surface area contributed by atoms with Crippen LogP contribution in [0.15, 0.2) is 11.6 Å². The van der Waals surface area contributed by atoms with Gasteiger partial charge in [0.1, 0.15) is 0 Å². The number of aliphatic hydroxyl groups is 1. The Balaban J connectivity index is 3.78. The Kier molecular flexibility index (Phi) is 5.06. The maximum atomic E-state index is 12.0. The van der Waals surface area contributed by atoms with Gasteiger partial charge in [0.15, 0.2) is 0 Å². The van der Waals surface area contributed by atoms with Crippen molar-refractivity contribution in [2.45, 2.75) is 32.9 Å². The van der Waals surface area contributed by atoms with Gasteiger partial charge in [-0.25, -0.2) is 0 Å². The van der Waals surface area contributed by atoms with E-state index < -0.39 is 12.1 Å². The highest BCUT2D eigenvalue weighted by Crippen LogP contribution is 2.29. The SMILES string of the molecule is C/C(=C\CCC(C)C(F)(F)F)CO. The first-order chi connectivity index (χ1) is 5.88. The summed E-state index contributed by atoms with van der Waals surface area (Å²) in [6.07, 6.45) is -2.00. The summed E-state index contributed by atoms with van der Waals surface area (Å²) in [6, 6.07) is 0. The second-order valence-electron chi connectivity index (χ2n) is 3.23. The van der Waals surface area contributed by atoms with Crippen LogP contribution < -0.4 is 0 Å². The lowest BCUT2D eigenvalue weighted by Crippen LogP contribution is -2.19. The van der Waals surface area contributed by atoms with E-state index in [1.165, 1.54) is 6.92 Å². The predicted molar refractivity (Wildman–Crippen MR) is 45.3 cm³/mol. The van der Waals surface area contributed by atoms with Crippen molar-refractivity contribution in [1.82, 2.24) is 0 Å². The van der Waals surface area contributed by atoms with E-state index >= 15 is 0 Å². The molecule has 13 heavy (non-hydrogen) atoms. The maximum Gasteiger partial charge on any atom is 0.391 e. The molecule has 0 aromatic carbocycles. The van der Waals surface area contributed by atoms with Gasteiger partial charge in [0.05, 0.1) is 12.5 Å². The van der Waals surface area contributed by atoms with E-state index in [1.807, 2.05) is 0 Å². The van der Waals surface area contributed by atoms with Crippen LogP contribution >= 0.6 is 0 Å². The van der Waals surface area contributed by atoms with Gasteiger partial charge < -0.3 is 5.11 Å². The van der Waals surface area contributed by atoms with E-state index in [9.17, 15) is 13.2 Å². The van der Waals surface area contributed by atoms with Gasteiger partial charge in [-0.3, -0.25) is 0 Å². The molecule has 4 heteroatoms. The largest absolute Gasteiger partial charge is 0.392 e. The van der Waals surface area contributed by atoms with Gasteiger partial charge in [-0.2, -0.15) is 13.2 Å². The topological polar surface area (TPSA) is 20.2 Å². The van der Waals surface area contributed by atoms with Gasteiger partial charge >= 0.3 is 6.18 Å². The maximum absolute atomic E-state index is 12.0. The molecular weight excluding hydrogens is 181 g/mol. The molecule has 0 saturated heterocycles. The molecule has 0 rings (SSSR count). The van der Waals surface area contributed by atoms with Gasteiger partial charge in [0, 0.05) is 0 Å². The van der Waals surface area contributed by atoms with Crippen LogP contribution in [0.4, 0.5) is 13.2 Å². The number of rotatable bonds is 4. The van der Waals surface area contributed by atoms with Gasteiger partial charge in [0.2, 0.25) is 0 Å². The molecule has 1 nitrogen and oxygen atoms in total. The van der Waals surface area contributed by atoms with Crippen LogP contribution in [0.5, 0.6) is 0 Å². The van der Waals surface area contributed by atoms with Crippen molar-refractivity contribution in [1.29, 1.82) is 0 Å². The Morgan fingerprint density at radius 3 is 2.38 bits per heavy atom. The second kappa shape index (κ2) is 5.27. The lowest BCUT2D eigenvalue weighted by molar-refractivity contribution is -0.170.